The summed E-state index contributed by atoms with van der Waals surface area (Å²) < 4.78 is 5.00. The van der Waals surface area contributed by atoms with Crippen LogP contribution in [0, 0.1) is 5.41 Å². The molecule has 0 aromatic heterocycles. The van der Waals surface area contributed by atoms with Crippen LogP contribution in [0.5, 0.6) is 0 Å². The zero-order valence-corrected chi connectivity index (χ0v) is 16.8. The van der Waals surface area contributed by atoms with Crippen molar-refractivity contribution < 1.29 is 14.7 Å². The number of hydrogen-bond donors (Lipinski definition) is 2. The SMILES string of the molecule is OB(O)OCCCC(Cc1ccccc1)(Cc1ccccc1)Cc1ccccc1. The summed E-state index contributed by atoms with van der Waals surface area (Å²) in [5.74, 6) is 0. The fourth-order valence-electron chi connectivity index (χ4n) is 4.18. The van der Waals surface area contributed by atoms with Crippen LogP contribution in [0.1, 0.15) is 29.5 Å². The monoisotopic (exact) mass is 388 g/mol. The molecule has 29 heavy (non-hydrogen) atoms. The van der Waals surface area contributed by atoms with Gasteiger partial charge in [0.2, 0.25) is 0 Å². The molecule has 0 aliphatic heterocycles. The Balaban J connectivity index is 1.89. The summed E-state index contributed by atoms with van der Waals surface area (Å²) in [5, 5.41) is 18.0. The van der Waals surface area contributed by atoms with Crippen LogP contribution in [0.25, 0.3) is 0 Å². The number of hydrogen-bond acceptors (Lipinski definition) is 3. The fourth-order valence-corrected chi connectivity index (χ4v) is 4.18. The minimum atomic E-state index is -1.71. The van der Waals surface area contributed by atoms with E-state index in [0.717, 1.165) is 32.1 Å². The van der Waals surface area contributed by atoms with Crippen molar-refractivity contribution in [3.63, 3.8) is 0 Å². The molecule has 0 saturated heterocycles. The molecule has 3 nitrogen and oxygen atoms in total. The number of rotatable bonds is 11. The van der Waals surface area contributed by atoms with Gasteiger partial charge in [-0.25, -0.2) is 0 Å². The molecule has 0 fully saturated rings. The molecule has 0 aliphatic rings. The van der Waals surface area contributed by atoms with Crippen LogP contribution >= 0.6 is 0 Å². The van der Waals surface area contributed by atoms with E-state index in [-0.39, 0.29) is 5.41 Å². The van der Waals surface area contributed by atoms with E-state index < -0.39 is 7.32 Å². The Hall–Kier alpha value is -2.40. The summed E-state index contributed by atoms with van der Waals surface area (Å²) in [5.41, 5.74) is 3.97. The summed E-state index contributed by atoms with van der Waals surface area (Å²) in [7, 11) is -1.71. The van der Waals surface area contributed by atoms with E-state index in [1.54, 1.807) is 0 Å². The van der Waals surface area contributed by atoms with Crippen molar-refractivity contribution in [2.45, 2.75) is 32.1 Å². The zero-order chi connectivity index (χ0) is 20.4. The van der Waals surface area contributed by atoms with Gasteiger partial charge in [-0.05, 0) is 54.2 Å². The highest BCUT2D eigenvalue weighted by Crippen LogP contribution is 2.37. The van der Waals surface area contributed by atoms with Crippen LogP contribution in [0.4, 0.5) is 0 Å². The first-order valence-electron chi connectivity index (χ1n) is 10.2. The van der Waals surface area contributed by atoms with Gasteiger partial charge in [-0.1, -0.05) is 91.0 Å². The predicted molar refractivity (Wildman–Crippen MR) is 118 cm³/mol. The Labute approximate surface area is 174 Å². The van der Waals surface area contributed by atoms with E-state index in [4.69, 9.17) is 14.7 Å². The van der Waals surface area contributed by atoms with Crippen molar-refractivity contribution in [3.8, 4) is 0 Å². The molecule has 0 amide bonds. The molecule has 0 aliphatic carbocycles. The average molecular weight is 388 g/mol. The highest BCUT2D eigenvalue weighted by Gasteiger charge is 2.31. The lowest BCUT2D eigenvalue weighted by atomic mass is 9.69. The Kier molecular flexibility index (Phi) is 8.06. The van der Waals surface area contributed by atoms with E-state index >= 15 is 0 Å². The molecule has 150 valence electrons. The third kappa shape index (κ3) is 7.17. The van der Waals surface area contributed by atoms with Crippen molar-refractivity contribution in [1.29, 1.82) is 0 Å². The van der Waals surface area contributed by atoms with Crippen LogP contribution in [-0.2, 0) is 23.9 Å². The van der Waals surface area contributed by atoms with Crippen LogP contribution < -0.4 is 0 Å². The molecule has 0 atom stereocenters. The molecular weight excluding hydrogens is 359 g/mol. The van der Waals surface area contributed by atoms with Crippen molar-refractivity contribution in [2.75, 3.05) is 6.61 Å². The number of benzene rings is 3. The van der Waals surface area contributed by atoms with Gasteiger partial charge in [-0.2, -0.15) is 0 Å². The molecule has 4 heteroatoms. The Bertz CT molecular complexity index is 721. The molecule has 0 heterocycles. The lowest BCUT2D eigenvalue weighted by molar-refractivity contribution is 0.161. The third-order valence-electron chi connectivity index (χ3n) is 5.38. The van der Waals surface area contributed by atoms with Gasteiger partial charge in [0.15, 0.2) is 0 Å². The average Bonchev–Trinajstić information content (AvgIpc) is 2.73. The van der Waals surface area contributed by atoms with Crippen LogP contribution in [0.3, 0.4) is 0 Å². The first kappa shape index (κ1) is 21.3. The van der Waals surface area contributed by atoms with E-state index in [1.165, 1.54) is 16.7 Å². The Morgan fingerprint density at radius 1 is 0.621 bits per heavy atom. The predicted octanol–water partition coefficient (Wildman–Crippen LogP) is 4.47. The van der Waals surface area contributed by atoms with E-state index in [0.29, 0.717) is 6.61 Å². The third-order valence-corrected chi connectivity index (χ3v) is 5.38. The summed E-state index contributed by atoms with van der Waals surface area (Å²) in [6, 6.07) is 31.9. The first-order valence-corrected chi connectivity index (χ1v) is 10.2. The van der Waals surface area contributed by atoms with Gasteiger partial charge in [0.05, 0.1) is 0 Å². The minimum absolute atomic E-state index is 0.00777. The second-order valence-corrected chi connectivity index (χ2v) is 7.79. The van der Waals surface area contributed by atoms with Gasteiger partial charge in [-0.3, -0.25) is 0 Å². The van der Waals surface area contributed by atoms with Gasteiger partial charge in [0.1, 0.15) is 0 Å². The normalized spacial score (nSPS) is 11.4. The highest BCUT2D eigenvalue weighted by atomic mass is 16.6. The van der Waals surface area contributed by atoms with E-state index in [9.17, 15) is 0 Å². The fraction of sp³-hybridized carbons (Fsp3) is 0.280. The largest absolute Gasteiger partial charge is 0.633 e. The topological polar surface area (TPSA) is 49.7 Å². The maximum absolute atomic E-state index is 9.02. The van der Waals surface area contributed by atoms with Crippen LogP contribution in [0.2, 0.25) is 0 Å². The summed E-state index contributed by atoms with van der Waals surface area (Å²) in [4.78, 5) is 0. The van der Waals surface area contributed by atoms with Gasteiger partial charge < -0.3 is 14.7 Å². The van der Waals surface area contributed by atoms with Crippen molar-refractivity contribution in [2.24, 2.45) is 5.41 Å². The maximum atomic E-state index is 9.02. The molecule has 0 unspecified atom stereocenters. The van der Waals surface area contributed by atoms with Crippen molar-refractivity contribution in [1.82, 2.24) is 0 Å². The molecule has 3 rings (SSSR count). The van der Waals surface area contributed by atoms with Crippen molar-refractivity contribution in [3.05, 3.63) is 108 Å². The Morgan fingerprint density at radius 2 is 1.00 bits per heavy atom. The maximum Gasteiger partial charge on any atom is 0.633 e. The zero-order valence-electron chi connectivity index (χ0n) is 16.8. The first-order chi connectivity index (χ1) is 14.2. The molecule has 0 bridgehead atoms. The highest BCUT2D eigenvalue weighted by molar-refractivity contribution is 6.32. The van der Waals surface area contributed by atoms with Gasteiger partial charge in [0.25, 0.3) is 0 Å². The summed E-state index contributed by atoms with van der Waals surface area (Å²) >= 11 is 0. The second kappa shape index (κ2) is 11.0. The summed E-state index contributed by atoms with van der Waals surface area (Å²) in [6.07, 6.45) is 4.57. The van der Waals surface area contributed by atoms with Crippen LogP contribution in [0.15, 0.2) is 91.0 Å². The lowest BCUT2D eigenvalue weighted by Crippen LogP contribution is -2.30. The smallest absolute Gasteiger partial charge is 0.402 e. The molecule has 3 aromatic carbocycles. The van der Waals surface area contributed by atoms with E-state index in [1.807, 2.05) is 0 Å². The van der Waals surface area contributed by atoms with E-state index in [2.05, 4.69) is 91.0 Å². The molecule has 0 radical (unpaired) electrons. The lowest BCUT2D eigenvalue weighted by Gasteiger charge is -2.35. The minimum Gasteiger partial charge on any atom is -0.402 e. The molecule has 0 saturated carbocycles. The molecular formula is C25H29BO3. The summed E-state index contributed by atoms with van der Waals surface area (Å²) in [6.45, 7) is 0.331. The standard InChI is InChI=1S/C25H29BO3/c27-26(28)29-18-10-17-25(19-22-11-4-1-5-12-22,20-23-13-6-2-7-14-23)21-24-15-8-3-9-16-24/h1-9,11-16,27-28H,10,17-21H2. The second-order valence-electron chi connectivity index (χ2n) is 7.79. The quantitative estimate of drug-likeness (QED) is 0.377. The van der Waals surface area contributed by atoms with Crippen LogP contribution in [-0.4, -0.2) is 24.0 Å². The molecule has 3 aromatic rings. The molecule has 2 N–H and O–H groups in total. The van der Waals surface area contributed by atoms with Gasteiger partial charge in [0, 0.05) is 6.61 Å². The van der Waals surface area contributed by atoms with Crippen molar-refractivity contribution >= 4 is 7.32 Å². The Morgan fingerprint density at radius 3 is 1.34 bits per heavy atom. The molecule has 0 spiro atoms. The van der Waals surface area contributed by atoms with Gasteiger partial charge >= 0.3 is 7.32 Å². The van der Waals surface area contributed by atoms with Gasteiger partial charge in [-0.15, -0.1) is 0 Å².